The first kappa shape index (κ1) is 17.3. The summed E-state index contributed by atoms with van der Waals surface area (Å²) in [5.41, 5.74) is 1.53. The largest absolute Gasteiger partial charge is 0.340 e. The van der Waals surface area contributed by atoms with Crippen LogP contribution < -0.4 is 16.0 Å². The van der Waals surface area contributed by atoms with Crippen molar-refractivity contribution in [2.45, 2.75) is 6.92 Å². The average Bonchev–Trinajstić information content (AvgIpc) is 2.59. The molecule has 0 radical (unpaired) electrons. The molecule has 3 aromatic rings. The quantitative estimate of drug-likeness (QED) is 0.639. The van der Waals surface area contributed by atoms with E-state index in [4.69, 9.17) is 0 Å². The minimum atomic E-state index is -0.716. The summed E-state index contributed by atoms with van der Waals surface area (Å²) in [6.45, 7) is 1.44. The number of hydrogen-bond acceptors (Lipinski definition) is 5. The number of carbonyl (C=O) groups excluding carboxylic acids is 1. The van der Waals surface area contributed by atoms with Crippen LogP contribution in [0.1, 0.15) is 6.92 Å². The number of anilines is 5. The van der Waals surface area contributed by atoms with Crippen LogP contribution in [0.4, 0.5) is 37.5 Å². The third kappa shape index (κ3) is 4.50. The van der Waals surface area contributed by atoms with Gasteiger partial charge >= 0.3 is 0 Å². The van der Waals surface area contributed by atoms with E-state index in [1.807, 2.05) is 0 Å². The summed E-state index contributed by atoms with van der Waals surface area (Å²) in [5, 5.41) is 8.53. The van der Waals surface area contributed by atoms with Gasteiger partial charge in [-0.3, -0.25) is 4.79 Å². The molecule has 0 aliphatic carbocycles. The average molecular weight is 355 g/mol. The van der Waals surface area contributed by atoms with Gasteiger partial charge in [-0.05, 0) is 36.4 Å². The highest BCUT2D eigenvalue weighted by Crippen LogP contribution is 2.22. The number of amides is 1. The van der Waals surface area contributed by atoms with Crippen molar-refractivity contribution in [2.75, 3.05) is 16.0 Å². The molecule has 3 rings (SSSR count). The highest BCUT2D eigenvalue weighted by molar-refractivity contribution is 5.88. The highest BCUT2D eigenvalue weighted by atomic mass is 19.1. The van der Waals surface area contributed by atoms with E-state index >= 15 is 0 Å². The van der Waals surface area contributed by atoms with Crippen LogP contribution in [0.5, 0.6) is 0 Å². The third-order valence-electron chi connectivity index (χ3n) is 3.34. The Morgan fingerprint density at radius 3 is 2.19 bits per heavy atom. The zero-order valence-electron chi connectivity index (χ0n) is 13.8. The van der Waals surface area contributed by atoms with Crippen molar-refractivity contribution in [1.29, 1.82) is 0 Å². The van der Waals surface area contributed by atoms with Gasteiger partial charge in [0.05, 0.1) is 5.69 Å². The summed E-state index contributed by atoms with van der Waals surface area (Å²) in [7, 11) is 0. The molecule has 26 heavy (non-hydrogen) atoms. The Balaban J connectivity index is 1.72. The maximum atomic E-state index is 13.7. The zero-order valence-corrected chi connectivity index (χ0v) is 13.8. The smallest absolute Gasteiger partial charge is 0.221 e. The second kappa shape index (κ2) is 7.56. The first-order valence-corrected chi connectivity index (χ1v) is 7.68. The lowest BCUT2D eigenvalue weighted by atomic mass is 10.2. The van der Waals surface area contributed by atoms with Crippen molar-refractivity contribution in [2.24, 2.45) is 0 Å². The van der Waals surface area contributed by atoms with Crippen LogP contribution in [-0.4, -0.2) is 15.9 Å². The number of halogens is 2. The van der Waals surface area contributed by atoms with Crippen LogP contribution in [0.2, 0.25) is 0 Å². The predicted octanol–water partition coefficient (Wildman–Crippen LogP) is 4.20. The second-order valence-corrected chi connectivity index (χ2v) is 5.42. The van der Waals surface area contributed by atoms with Gasteiger partial charge in [0.1, 0.15) is 29.6 Å². The van der Waals surface area contributed by atoms with E-state index in [1.165, 1.54) is 19.3 Å². The zero-order chi connectivity index (χ0) is 18.5. The molecule has 2 aromatic carbocycles. The molecule has 0 fully saturated rings. The first-order chi connectivity index (χ1) is 12.5. The number of benzene rings is 2. The molecule has 6 nitrogen and oxygen atoms in total. The van der Waals surface area contributed by atoms with Gasteiger partial charge in [0, 0.05) is 30.4 Å². The van der Waals surface area contributed by atoms with Crippen LogP contribution in [-0.2, 0) is 4.79 Å². The fraction of sp³-hybridized carbons (Fsp3) is 0.0556. The maximum Gasteiger partial charge on any atom is 0.221 e. The lowest BCUT2D eigenvalue weighted by Crippen LogP contribution is -2.05. The molecule has 8 heteroatoms. The van der Waals surface area contributed by atoms with Gasteiger partial charge in [-0.15, -0.1) is 0 Å². The molecule has 0 saturated carbocycles. The van der Waals surface area contributed by atoms with Crippen LogP contribution in [0.15, 0.2) is 54.9 Å². The molecule has 0 bridgehead atoms. The molecule has 0 aliphatic rings. The lowest BCUT2D eigenvalue weighted by Gasteiger charge is -2.10. The van der Waals surface area contributed by atoms with Gasteiger partial charge in [0.15, 0.2) is 0 Å². The molecule has 132 valence electrons. The normalized spacial score (nSPS) is 10.3. The molecule has 3 N–H and O–H groups in total. The maximum absolute atomic E-state index is 13.7. The Morgan fingerprint density at radius 2 is 1.54 bits per heavy atom. The second-order valence-electron chi connectivity index (χ2n) is 5.42. The van der Waals surface area contributed by atoms with E-state index in [1.54, 1.807) is 30.3 Å². The summed E-state index contributed by atoms with van der Waals surface area (Å²) in [4.78, 5) is 19.1. The Labute approximate surface area is 148 Å². The Kier molecular flexibility index (Phi) is 5.02. The number of carbonyl (C=O) groups is 1. The fourth-order valence-electron chi connectivity index (χ4n) is 2.21. The van der Waals surface area contributed by atoms with Crippen LogP contribution in [0.25, 0.3) is 0 Å². The van der Waals surface area contributed by atoms with Gasteiger partial charge in [0.25, 0.3) is 0 Å². The lowest BCUT2D eigenvalue weighted by molar-refractivity contribution is -0.114. The van der Waals surface area contributed by atoms with E-state index in [-0.39, 0.29) is 11.6 Å². The summed E-state index contributed by atoms with van der Waals surface area (Å²) < 4.78 is 26.7. The van der Waals surface area contributed by atoms with Crippen molar-refractivity contribution in [3.63, 3.8) is 0 Å². The van der Waals surface area contributed by atoms with Crippen molar-refractivity contribution in [3.8, 4) is 0 Å². The van der Waals surface area contributed by atoms with E-state index in [0.29, 0.717) is 17.3 Å². The van der Waals surface area contributed by atoms with Crippen molar-refractivity contribution in [3.05, 3.63) is 66.5 Å². The van der Waals surface area contributed by atoms with E-state index < -0.39 is 11.6 Å². The van der Waals surface area contributed by atoms with Gasteiger partial charge in [-0.1, -0.05) is 0 Å². The number of hydrogen-bond donors (Lipinski definition) is 3. The molecule has 1 amide bonds. The Hall–Kier alpha value is -3.55. The van der Waals surface area contributed by atoms with E-state index in [0.717, 1.165) is 17.8 Å². The topological polar surface area (TPSA) is 78.9 Å². The predicted molar refractivity (Wildman–Crippen MR) is 95.7 cm³/mol. The third-order valence-corrected chi connectivity index (χ3v) is 3.34. The van der Waals surface area contributed by atoms with Crippen molar-refractivity contribution >= 4 is 34.6 Å². The molecule has 1 heterocycles. The van der Waals surface area contributed by atoms with E-state index in [9.17, 15) is 13.6 Å². The van der Waals surface area contributed by atoms with Gasteiger partial charge in [-0.25, -0.2) is 18.7 Å². The molecule has 0 spiro atoms. The summed E-state index contributed by atoms with van der Waals surface area (Å²) >= 11 is 0. The minimum Gasteiger partial charge on any atom is -0.340 e. The number of aromatic nitrogens is 2. The Bertz CT molecular complexity index is 931. The number of rotatable bonds is 5. The van der Waals surface area contributed by atoms with Crippen LogP contribution in [0.3, 0.4) is 0 Å². The Morgan fingerprint density at radius 1 is 0.885 bits per heavy atom. The number of nitrogens with zero attached hydrogens (tertiary/aromatic N) is 2. The van der Waals surface area contributed by atoms with Gasteiger partial charge < -0.3 is 16.0 Å². The van der Waals surface area contributed by atoms with E-state index in [2.05, 4.69) is 25.9 Å². The summed E-state index contributed by atoms with van der Waals surface area (Å²) in [6.07, 6.45) is 1.32. The van der Waals surface area contributed by atoms with Crippen LogP contribution in [0, 0.1) is 11.6 Å². The van der Waals surface area contributed by atoms with Crippen LogP contribution >= 0.6 is 0 Å². The standard InChI is InChI=1S/C18H15F2N5O/c1-11(26)23-13-3-5-14(6-4-13)24-17-9-18(22-10-21-17)25-16-7-2-12(19)8-15(16)20/h2-10H,1H3,(H,23,26)(H2,21,22,24,25). The monoisotopic (exact) mass is 355 g/mol. The van der Waals surface area contributed by atoms with Gasteiger partial charge in [0.2, 0.25) is 5.91 Å². The highest BCUT2D eigenvalue weighted by Gasteiger charge is 2.06. The number of nitrogens with one attached hydrogen (secondary N) is 3. The summed E-state index contributed by atoms with van der Waals surface area (Å²) in [5.74, 6) is -0.682. The molecular formula is C18H15F2N5O. The molecular weight excluding hydrogens is 340 g/mol. The molecule has 1 aromatic heterocycles. The first-order valence-electron chi connectivity index (χ1n) is 7.68. The van der Waals surface area contributed by atoms with Crippen molar-refractivity contribution in [1.82, 2.24) is 9.97 Å². The van der Waals surface area contributed by atoms with Gasteiger partial charge in [-0.2, -0.15) is 0 Å². The molecule has 0 saturated heterocycles. The minimum absolute atomic E-state index is 0.107. The van der Waals surface area contributed by atoms with Crippen molar-refractivity contribution < 1.29 is 13.6 Å². The molecule has 0 atom stereocenters. The summed E-state index contributed by atoms with van der Waals surface area (Å²) in [6, 6.07) is 11.9. The SMILES string of the molecule is CC(=O)Nc1ccc(Nc2cc(Nc3ccc(F)cc3F)ncn2)cc1. The fourth-order valence-corrected chi connectivity index (χ4v) is 2.21. The molecule has 0 unspecified atom stereocenters. The molecule has 0 aliphatic heterocycles.